The first kappa shape index (κ1) is 21.2. The predicted molar refractivity (Wildman–Crippen MR) is 125 cm³/mol. The minimum atomic E-state index is -0.926. The van der Waals surface area contributed by atoms with Crippen LogP contribution in [0, 0.1) is 6.92 Å². The van der Waals surface area contributed by atoms with Crippen LogP contribution in [0.2, 0.25) is 5.02 Å². The molecule has 1 amide bonds. The van der Waals surface area contributed by atoms with Gasteiger partial charge in [-0.25, -0.2) is 0 Å². The third-order valence-electron chi connectivity index (χ3n) is 5.91. The van der Waals surface area contributed by atoms with Gasteiger partial charge >= 0.3 is 0 Å². The maximum Gasteiger partial charge on any atom is 0.300 e. The van der Waals surface area contributed by atoms with Crippen molar-refractivity contribution < 1.29 is 23.8 Å². The molecule has 33 heavy (non-hydrogen) atoms. The van der Waals surface area contributed by atoms with E-state index in [1.807, 2.05) is 11.9 Å². The van der Waals surface area contributed by atoms with E-state index in [1.165, 1.54) is 4.90 Å². The lowest BCUT2D eigenvalue weighted by Crippen LogP contribution is -2.29. The molecule has 2 aromatic carbocycles. The Labute approximate surface area is 195 Å². The lowest BCUT2D eigenvalue weighted by molar-refractivity contribution is -0.132. The minimum absolute atomic E-state index is 0.0383. The van der Waals surface area contributed by atoms with E-state index in [0.717, 1.165) is 5.69 Å². The lowest BCUT2D eigenvalue weighted by Gasteiger charge is -2.28. The van der Waals surface area contributed by atoms with E-state index < -0.39 is 17.7 Å². The maximum atomic E-state index is 13.2. The fourth-order valence-corrected chi connectivity index (χ4v) is 4.35. The number of ketones is 1. The number of carbonyl (C=O) groups excluding carboxylic acids is 2. The van der Waals surface area contributed by atoms with Gasteiger partial charge in [0.2, 0.25) is 0 Å². The van der Waals surface area contributed by atoms with Crippen LogP contribution in [0.5, 0.6) is 5.75 Å². The molecule has 3 heterocycles. The van der Waals surface area contributed by atoms with Crippen molar-refractivity contribution in [3.8, 4) is 5.75 Å². The summed E-state index contributed by atoms with van der Waals surface area (Å²) in [5.74, 6) is -0.119. The smallest absolute Gasteiger partial charge is 0.300 e. The van der Waals surface area contributed by atoms with Gasteiger partial charge in [0, 0.05) is 23.3 Å². The molecule has 0 radical (unpaired) electrons. The molecule has 0 bridgehead atoms. The summed E-state index contributed by atoms with van der Waals surface area (Å²) >= 11 is 6.02. The van der Waals surface area contributed by atoms with Crippen molar-refractivity contribution in [2.75, 3.05) is 30.0 Å². The van der Waals surface area contributed by atoms with Crippen molar-refractivity contribution in [2.45, 2.75) is 13.0 Å². The highest BCUT2D eigenvalue weighted by atomic mass is 35.5. The molecule has 2 aliphatic heterocycles. The molecule has 0 spiro atoms. The monoisotopic (exact) mass is 464 g/mol. The molecular weight excluding hydrogens is 444 g/mol. The Morgan fingerprint density at radius 1 is 1.09 bits per heavy atom. The zero-order chi connectivity index (χ0) is 23.3. The third kappa shape index (κ3) is 3.54. The molecule has 5 rings (SSSR count). The Morgan fingerprint density at radius 2 is 1.85 bits per heavy atom. The van der Waals surface area contributed by atoms with E-state index in [2.05, 4.69) is 0 Å². The number of aliphatic hydroxyl groups excluding tert-OH is 1. The number of ether oxygens (including phenoxy) is 1. The Kier molecular flexibility index (Phi) is 5.13. The number of fused-ring (bicyclic) bond motifs is 1. The number of benzene rings is 2. The number of carbonyl (C=O) groups is 2. The first-order chi connectivity index (χ1) is 15.8. The summed E-state index contributed by atoms with van der Waals surface area (Å²) in [6, 6.07) is 14.3. The SMILES string of the molecule is Cc1ccc(C2/C(=C(/O)c3ccc4c(c3)N(C)CCO4)C(=O)C(=O)N2c2ccc(Cl)cc2)o1. The second-order valence-corrected chi connectivity index (χ2v) is 8.48. The number of hydrogen-bond donors (Lipinski definition) is 1. The second kappa shape index (κ2) is 8.01. The number of likely N-dealkylation sites (N-methyl/N-ethyl adjacent to an activating group) is 1. The van der Waals surface area contributed by atoms with Crippen molar-refractivity contribution in [1.82, 2.24) is 0 Å². The number of aryl methyl sites for hydroxylation is 1. The van der Waals surface area contributed by atoms with Crippen molar-refractivity contribution in [1.29, 1.82) is 0 Å². The number of amides is 1. The molecule has 0 aliphatic carbocycles. The van der Waals surface area contributed by atoms with Crippen LogP contribution in [0.4, 0.5) is 11.4 Å². The van der Waals surface area contributed by atoms with Crippen LogP contribution in [0.15, 0.2) is 64.6 Å². The summed E-state index contributed by atoms with van der Waals surface area (Å²) in [5.41, 5.74) is 1.64. The minimum Gasteiger partial charge on any atom is -0.507 e. The normalized spacial score (nSPS) is 19.5. The van der Waals surface area contributed by atoms with Crippen LogP contribution >= 0.6 is 11.6 Å². The molecule has 2 aliphatic rings. The number of nitrogens with zero attached hydrogens (tertiary/aromatic N) is 2. The first-order valence-electron chi connectivity index (χ1n) is 10.5. The average Bonchev–Trinajstić information content (AvgIpc) is 3.35. The zero-order valence-electron chi connectivity index (χ0n) is 18.0. The van der Waals surface area contributed by atoms with E-state index >= 15 is 0 Å². The standard InChI is InChI=1S/C25H21ClN2O5/c1-14-3-9-20(33-14)22-21(24(30)25(31)28(22)17-7-5-16(26)6-8-17)23(29)15-4-10-19-18(13-15)27(2)11-12-32-19/h3-10,13,22,29H,11-12H2,1-2H3/b23-21-. The number of aliphatic hydroxyl groups is 1. The van der Waals surface area contributed by atoms with Crippen molar-refractivity contribution >= 4 is 40.4 Å². The molecule has 1 saturated heterocycles. The van der Waals surface area contributed by atoms with E-state index in [9.17, 15) is 14.7 Å². The second-order valence-electron chi connectivity index (χ2n) is 8.05. The van der Waals surface area contributed by atoms with Gasteiger partial charge in [-0.05, 0) is 61.5 Å². The van der Waals surface area contributed by atoms with E-state index in [4.69, 9.17) is 20.8 Å². The van der Waals surface area contributed by atoms with Crippen LogP contribution in [0.3, 0.4) is 0 Å². The summed E-state index contributed by atoms with van der Waals surface area (Å²) in [6.45, 7) is 3.04. The Balaban J connectivity index is 1.68. The number of anilines is 2. The number of furan rings is 1. The summed E-state index contributed by atoms with van der Waals surface area (Å²) in [7, 11) is 1.93. The third-order valence-corrected chi connectivity index (χ3v) is 6.16. The van der Waals surface area contributed by atoms with Gasteiger partial charge in [0.15, 0.2) is 0 Å². The Hall–Kier alpha value is -3.71. The van der Waals surface area contributed by atoms with Crippen LogP contribution in [-0.4, -0.2) is 37.0 Å². The molecule has 7 nitrogen and oxygen atoms in total. The zero-order valence-corrected chi connectivity index (χ0v) is 18.8. The van der Waals surface area contributed by atoms with Gasteiger partial charge in [-0.15, -0.1) is 0 Å². The van der Waals surface area contributed by atoms with Gasteiger partial charge < -0.3 is 19.2 Å². The van der Waals surface area contributed by atoms with Gasteiger partial charge in [0.25, 0.3) is 11.7 Å². The van der Waals surface area contributed by atoms with E-state index in [0.29, 0.717) is 46.7 Å². The van der Waals surface area contributed by atoms with Crippen LogP contribution in [0.1, 0.15) is 23.1 Å². The summed E-state index contributed by atoms with van der Waals surface area (Å²) < 4.78 is 11.5. The molecule has 0 saturated carbocycles. The highest BCUT2D eigenvalue weighted by Gasteiger charge is 2.48. The lowest BCUT2D eigenvalue weighted by atomic mass is 9.98. The molecule has 1 aromatic heterocycles. The highest BCUT2D eigenvalue weighted by Crippen LogP contribution is 2.43. The van der Waals surface area contributed by atoms with Crippen LogP contribution in [-0.2, 0) is 9.59 Å². The molecule has 1 unspecified atom stereocenters. The maximum absolute atomic E-state index is 13.2. The molecule has 168 valence electrons. The summed E-state index contributed by atoms with van der Waals surface area (Å²) in [6.07, 6.45) is 0. The Bertz CT molecular complexity index is 1290. The molecular formula is C25H21ClN2O5. The molecule has 8 heteroatoms. The van der Waals surface area contributed by atoms with E-state index in [1.54, 1.807) is 61.5 Å². The highest BCUT2D eigenvalue weighted by molar-refractivity contribution is 6.51. The average molecular weight is 465 g/mol. The topological polar surface area (TPSA) is 83.2 Å². The van der Waals surface area contributed by atoms with Gasteiger partial charge in [0.1, 0.15) is 35.7 Å². The largest absolute Gasteiger partial charge is 0.507 e. The molecule has 1 N–H and O–H groups in total. The van der Waals surface area contributed by atoms with Crippen LogP contribution < -0.4 is 14.5 Å². The van der Waals surface area contributed by atoms with E-state index in [-0.39, 0.29) is 11.3 Å². The Morgan fingerprint density at radius 3 is 2.55 bits per heavy atom. The number of halogens is 1. The quantitative estimate of drug-likeness (QED) is 0.344. The first-order valence-corrected chi connectivity index (χ1v) is 10.8. The fraction of sp³-hybridized carbons (Fsp3) is 0.200. The predicted octanol–water partition coefficient (Wildman–Crippen LogP) is 4.70. The number of rotatable bonds is 3. The summed E-state index contributed by atoms with van der Waals surface area (Å²) in [4.78, 5) is 29.7. The van der Waals surface area contributed by atoms with Gasteiger partial charge in [0.05, 0.1) is 17.8 Å². The van der Waals surface area contributed by atoms with Crippen molar-refractivity contribution in [3.05, 3.63) is 82.3 Å². The summed E-state index contributed by atoms with van der Waals surface area (Å²) in [5, 5.41) is 11.8. The number of hydrogen-bond acceptors (Lipinski definition) is 6. The van der Waals surface area contributed by atoms with Crippen molar-refractivity contribution in [3.63, 3.8) is 0 Å². The van der Waals surface area contributed by atoms with Gasteiger partial charge in [-0.2, -0.15) is 0 Å². The van der Waals surface area contributed by atoms with Gasteiger partial charge in [-0.3, -0.25) is 14.5 Å². The molecule has 3 aromatic rings. The fourth-order valence-electron chi connectivity index (χ4n) is 4.22. The van der Waals surface area contributed by atoms with Gasteiger partial charge in [-0.1, -0.05) is 11.6 Å². The molecule has 1 atom stereocenters. The molecule has 1 fully saturated rings. The number of Topliss-reactive ketones (excluding diaryl/α,β-unsaturated/α-hetero) is 1. The van der Waals surface area contributed by atoms with Crippen LogP contribution in [0.25, 0.3) is 5.76 Å². The van der Waals surface area contributed by atoms with Crippen molar-refractivity contribution in [2.24, 2.45) is 0 Å².